The summed E-state index contributed by atoms with van der Waals surface area (Å²) >= 11 is 6.79. The molecule has 0 aromatic heterocycles. The van der Waals surface area contributed by atoms with Gasteiger partial charge in [-0.05, 0) is 65.3 Å². The van der Waals surface area contributed by atoms with Gasteiger partial charge in [-0.25, -0.2) is 4.39 Å². The summed E-state index contributed by atoms with van der Waals surface area (Å²) in [6, 6.07) is 10.2. The number of nitrogens with one attached hydrogen (secondary N) is 1. The second-order valence-corrected chi connectivity index (χ2v) is 6.38. The summed E-state index contributed by atoms with van der Waals surface area (Å²) in [4.78, 5) is 0. The molecular formula is C16H16Br2FNO. The number of rotatable bonds is 6. The summed E-state index contributed by atoms with van der Waals surface area (Å²) in [5.74, 6) is 1.06. The highest BCUT2D eigenvalue weighted by molar-refractivity contribution is 9.10. The predicted molar refractivity (Wildman–Crippen MR) is 90.3 cm³/mol. The molecular weight excluding hydrogens is 401 g/mol. The standard InChI is InChI=1S/C16H16Br2FNO/c1-2-7-20-10-11-8-12(17)3-5-15(11)21-16-6-4-13(19)9-14(16)18/h3-6,8-9,20H,2,7,10H2,1H3. The second-order valence-electron chi connectivity index (χ2n) is 4.61. The molecule has 2 aromatic carbocycles. The van der Waals surface area contributed by atoms with Crippen LogP contribution in [-0.2, 0) is 6.54 Å². The molecule has 5 heteroatoms. The third kappa shape index (κ3) is 4.80. The molecule has 1 N–H and O–H groups in total. The van der Waals surface area contributed by atoms with E-state index in [4.69, 9.17) is 4.74 Å². The van der Waals surface area contributed by atoms with Crippen LogP contribution in [-0.4, -0.2) is 6.54 Å². The Morgan fingerprint density at radius 3 is 2.57 bits per heavy atom. The van der Waals surface area contributed by atoms with Crippen LogP contribution in [0.4, 0.5) is 4.39 Å². The maximum Gasteiger partial charge on any atom is 0.141 e. The molecule has 0 aliphatic heterocycles. The minimum Gasteiger partial charge on any atom is -0.456 e. The van der Waals surface area contributed by atoms with Crippen LogP contribution in [0.2, 0.25) is 0 Å². The van der Waals surface area contributed by atoms with Crippen molar-refractivity contribution in [3.05, 3.63) is 56.7 Å². The van der Waals surface area contributed by atoms with Crippen LogP contribution in [0.25, 0.3) is 0 Å². The van der Waals surface area contributed by atoms with Gasteiger partial charge in [-0.3, -0.25) is 0 Å². The van der Waals surface area contributed by atoms with Crippen LogP contribution in [0.1, 0.15) is 18.9 Å². The van der Waals surface area contributed by atoms with E-state index in [1.165, 1.54) is 12.1 Å². The molecule has 21 heavy (non-hydrogen) atoms. The maximum atomic E-state index is 13.1. The minimum absolute atomic E-state index is 0.296. The lowest BCUT2D eigenvalue weighted by molar-refractivity contribution is 0.467. The van der Waals surface area contributed by atoms with Gasteiger partial charge in [-0.15, -0.1) is 0 Å². The summed E-state index contributed by atoms with van der Waals surface area (Å²) in [5, 5.41) is 3.36. The fourth-order valence-corrected chi connectivity index (χ4v) is 2.70. The molecule has 0 aliphatic carbocycles. The Morgan fingerprint density at radius 1 is 1.10 bits per heavy atom. The zero-order chi connectivity index (χ0) is 15.2. The van der Waals surface area contributed by atoms with Gasteiger partial charge in [-0.2, -0.15) is 0 Å². The Hall–Kier alpha value is -0.910. The topological polar surface area (TPSA) is 21.3 Å². The summed E-state index contributed by atoms with van der Waals surface area (Å²) in [6.07, 6.45) is 1.08. The quantitative estimate of drug-likeness (QED) is 0.615. The molecule has 0 fully saturated rings. The van der Waals surface area contributed by atoms with E-state index in [-0.39, 0.29) is 5.82 Å². The van der Waals surface area contributed by atoms with Gasteiger partial charge in [0, 0.05) is 16.6 Å². The van der Waals surface area contributed by atoms with Crippen molar-refractivity contribution in [2.24, 2.45) is 0 Å². The van der Waals surface area contributed by atoms with Gasteiger partial charge in [-0.1, -0.05) is 22.9 Å². The van der Waals surface area contributed by atoms with E-state index >= 15 is 0 Å². The monoisotopic (exact) mass is 415 g/mol. The molecule has 0 saturated carbocycles. The van der Waals surface area contributed by atoms with E-state index in [1.807, 2.05) is 18.2 Å². The average molecular weight is 417 g/mol. The highest BCUT2D eigenvalue weighted by atomic mass is 79.9. The molecule has 0 saturated heterocycles. The Kier molecular flexibility index (Phi) is 6.21. The van der Waals surface area contributed by atoms with Crippen LogP contribution < -0.4 is 10.1 Å². The summed E-state index contributed by atoms with van der Waals surface area (Å²) < 4.78 is 20.6. The van der Waals surface area contributed by atoms with Crippen LogP contribution in [0, 0.1) is 5.82 Å². The largest absolute Gasteiger partial charge is 0.456 e. The lowest BCUT2D eigenvalue weighted by atomic mass is 10.2. The van der Waals surface area contributed by atoms with Gasteiger partial charge in [0.2, 0.25) is 0 Å². The van der Waals surface area contributed by atoms with E-state index in [9.17, 15) is 4.39 Å². The van der Waals surface area contributed by atoms with Gasteiger partial charge in [0.05, 0.1) is 4.47 Å². The molecule has 0 bridgehead atoms. The van der Waals surface area contributed by atoms with Gasteiger partial charge in [0.25, 0.3) is 0 Å². The van der Waals surface area contributed by atoms with Crippen LogP contribution in [0.15, 0.2) is 45.3 Å². The van der Waals surface area contributed by atoms with Crippen molar-refractivity contribution in [1.82, 2.24) is 5.32 Å². The van der Waals surface area contributed by atoms with E-state index in [1.54, 1.807) is 6.07 Å². The van der Waals surface area contributed by atoms with Crippen molar-refractivity contribution < 1.29 is 9.13 Å². The van der Waals surface area contributed by atoms with Crippen molar-refractivity contribution in [2.45, 2.75) is 19.9 Å². The van der Waals surface area contributed by atoms with Crippen molar-refractivity contribution in [3.8, 4) is 11.5 Å². The molecule has 2 rings (SSSR count). The van der Waals surface area contributed by atoms with E-state index < -0.39 is 0 Å². The summed E-state index contributed by atoms with van der Waals surface area (Å²) in [7, 11) is 0. The third-order valence-electron chi connectivity index (χ3n) is 2.88. The van der Waals surface area contributed by atoms with Gasteiger partial charge in [0.15, 0.2) is 0 Å². The molecule has 0 spiro atoms. The van der Waals surface area contributed by atoms with Gasteiger partial charge in [0.1, 0.15) is 17.3 Å². The maximum absolute atomic E-state index is 13.1. The minimum atomic E-state index is -0.296. The Balaban J connectivity index is 2.22. The molecule has 2 nitrogen and oxygen atoms in total. The molecule has 112 valence electrons. The first-order valence-corrected chi connectivity index (χ1v) is 8.31. The Morgan fingerprint density at radius 2 is 1.86 bits per heavy atom. The number of hydrogen-bond donors (Lipinski definition) is 1. The first kappa shape index (κ1) is 16.5. The van der Waals surface area contributed by atoms with Crippen molar-refractivity contribution in [3.63, 3.8) is 0 Å². The molecule has 0 unspecified atom stereocenters. The number of halogens is 3. The summed E-state index contributed by atoms with van der Waals surface area (Å²) in [6.45, 7) is 3.80. The van der Waals surface area contributed by atoms with Crippen LogP contribution >= 0.6 is 31.9 Å². The number of benzene rings is 2. The third-order valence-corrected chi connectivity index (χ3v) is 3.99. The van der Waals surface area contributed by atoms with Crippen LogP contribution in [0.3, 0.4) is 0 Å². The molecule has 0 atom stereocenters. The first-order valence-electron chi connectivity index (χ1n) is 6.72. The number of ether oxygens (including phenoxy) is 1. The SMILES string of the molecule is CCCNCc1cc(Br)ccc1Oc1ccc(F)cc1Br. The second kappa shape index (κ2) is 7.92. The van der Waals surface area contributed by atoms with Crippen molar-refractivity contribution in [2.75, 3.05) is 6.54 Å². The van der Waals surface area contributed by atoms with Crippen LogP contribution in [0.5, 0.6) is 11.5 Å². The first-order chi connectivity index (χ1) is 10.1. The smallest absolute Gasteiger partial charge is 0.141 e. The lowest BCUT2D eigenvalue weighted by Gasteiger charge is -2.13. The average Bonchev–Trinajstić information content (AvgIpc) is 2.44. The van der Waals surface area contributed by atoms with Crippen molar-refractivity contribution in [1.29, 1.82) is 0 Å². The summed E-state index contributed by atoms with van der Waals surface area (Å²) in [5.41, 5.74) is 1.05. The molecule has 0 heterocycles. The molecule has 0 amide bonds. The number of hydrogen-bond acceptors (Lipinski definition) is 2. The zero-order valence-electron chi connectivity index (χ0n) is 11.6. The Bertz CT molecular complexity index is 619. The lowest BCUT2D eigenvalue weighted by Crippen LogP contribution is -2.14. The molecule has 0 aliphatic rings. The Labute approximate surface area is 141 Å². The van der Waals surface area contributed by atoms with E-state index in [0.29, 0.717) is 10.2 Å². The fourth-order valence-electron chi connectivity index (χ4n) is 1.86. The van der Waals surface area contributed by atoms with Gasteiger partial charge < -0.3 is 10.1 Å². The van der Waals surface area contributed by atoms with E-state index in [2.05, 4.69) is 44.1 Å². The fraction of sp³-hybridized carbons (Fsp3) is 0.250. The predicted octanol–water partition coefficient (Wildman–Crippen LogP) is 5.64. The van der Waals surface area contributed by atoms with E-state index in [0.717, 1.165) is 35.3 Å². The highest BCUT2D eigenvalue weighted by Gasteiger charge is 2.09. The molecule has 2 aromatic rings. The van der Waals surface area contributed by atoms with Crippen molar-refractivity contribution >= 4 is 31.9 Å². The highest BCUT2D eigenvalue weighted by Crippen LogP contribution is 2.33. The van der Waals surface area contributed by atoms with Gasteiger partial charge >= 0.3 is 0 Å². The normalized spacial score (nSPS) is 10.7. The zero-order valence-corrected chi connectivity index (χ0v) is 14.8. The molecule has 0 radical (unpaired) electrons.